The fraction of sp³-hybridized carbons (Fsp3) is 0.136. The van der Waals surface area contributed by atoms with Gasteiger partial charge in [-0.15, -0.1) is 0 Å². The van der Waals surface area contributed by atoms with Gasteiger partial charge >= 0.3 is 5.97 Å². The molecule has 0 spiro atoms. The van der Waals surface area contributed by atoms with E-state index in [4.69, 9.17) is 13.7 Å². The highest BCUT2D eigenvalue weighted by Gasteiger charge is 2.12. The van der Waals surface area contributed by atoms with Crippen LogP contribution in [-0.4, -0.2) is 16.1 Å². The Hall–Kier alpha value is -3.74. The molecule has 0 saturated heterocycles. The van der Waals surface area contributed by atoms with E-state index in [0.717, 1.165) is 5.56 Å². The van der Waals surface area contributed by atoms with E-state index < -0.39 is 5.97 Å². The van der Waals surface area contributed by atoms with Gasteiger partial charge in [0.05, 0.1) is 12.6 Å². The number of aryl methyl sites for hydroxylation is 1. The molecule has 2 aromatic carbocycles. The summed E-state index contributed by atoms with van der Waals surface area (Å²) in [5.41, 5.74) is 2.33. The largest absolute Gasteiger partial charge is 0.457 e. The van der Waals surface area contributed by atoms with Gasteiger partial charge in [0.1, 0.15) is 11.5 Å². The number of carbonyl (C=O) groups excluding carboxylic acids is 1. The average Bonchev–Trinajstić information content (AvgIpc) is 3.42. The van der Waals surface area contributed by atoms with Crippen LogP contribution in [0.25, 0.3) is 22.6 Å². The molecule has 0 bridgehead atoms. The number of oxazole rings is 1. The topological polar surface area (TPSA) is 78.4 Å². The second kappa shape index (κ2) is 8.52. The summed E-state index contributed by atoms with van der Waals surface area (Å²) in [5.74, 6) is 0.672. The zero-order chi connectivity index (χ0) is 20.1. The SMILES string of the molecule is O=C(CCc1ncc(-c2ccc(F)cc2)o1)OCc1cc(-c2ccccc2)no1. The quantitative estimate of drug-likeness (QED) is 0.420. The number of aromatic nitrogens is 2. The van der Waals surface area contributed by atoms with E-state index in [0.29, 0.717) is 35.1 Å². The van der Waals surface area contributed by atoms with Crippen LogP contribution in [0.15, 0.2) is 75.8 Å². The molecule has 2 aromatic heterocycles. The third-order valence-corrected chi connectivity index (χ3v) is 4.23. The number of ether oxygens (including phenoxy) is 1. The van der Waals surface area contributed by atoms with Crippen molar-refractivity contribution in [2.24, 2.45) is 0 Å². The normalized spacial score (nSPS) is 10.8. The Balaban J connectivity index is 1.27. The molecule has 0 aliphatic carbocycles. The molecule has 0 aliphatic heterocycles. The van der Waals surface area contributed by atoms with Crippen molar-refractivity contribution in [1.82, 2.24) is 10.1 Å². The Kier molecular flexibility index (Phi) is 5.47. The van der Waals surface area contributed by atoms with Crippen LogP contribution < -0.4 is 0 Å². The van der Waals surface area contributed by atoms with Crippen molar-refractivity contribution in [3.63, 3.8) is 0 Å². The van der Waals surface area contributed by atoms with Gasteiger partial charge in [-0.1, -0.05) is 35.5 Å². The first-order valence-electron chi connectivity index (χ1n) is 9.05. The minimum atomic E-state index is -0.399. The Labute approximate surface area is 165 Å². The number of carbonyl (C=O) groups is 1. The Morgan fingerprint density at radius 3 is 2.62 bits per heavy atom. The molecule has 0 saturated carbocycles. The second-order valence-electron chi connectivity index (χ2n) is 6.33. The zero-order valence-corrected chi connectivity index (χ0v) is 15.4. The molecule has 6 nitrogen and oxygen atoms in total. The van der Waals surface area contributed by atoms with Crippen LogP contribution in [0, 0.1) is 5.82 Å². The minimum absolute atomic E-state index is 0.00504. The summed E-state index contributed by atoms with van der Waals surface area (Å²) in [6, 6.07) is 17.2. The third kappa shape index (κ3) is 4.76. The van der Waals surface area contributed by atoms with Crippen LogP contribution in [0.1, 0.15) is 18.1 Å². The molecule has 29 heavy (non-hydrogen) atoms. The van der Waals surface area contributed by atoms with Crippen molar-refractivity contribution in [3.8, 4) is 22.6 Å². The van der Waals surface area contributed by atoms with Gasteiger partial charge in [-0.2, -0.15) is 0 Å². The smallest absolute Gasteiger partial charge is 0.306 e. The van der Waals surface area contributed by atoms with Crippen molar-refractivity contribution in [1.29, 1.82) is 0 Å². The lowest BCUT2D eigenvalue weighted by atomic mass is 10.1. The summed E-state index contributed by atoms with van der Waals surface area (Å²) >= 11 is 0. The van der Waals surface area contributed by atoms with E-state index >= 15 is 0 Å². The molecule has 0 atom stereocenters. The summed E-state index contributed by atoms with van der Waals surface area (Å²) in [4.78, 5) is 16.1. The number of esters is 1. The lowest BCUT2D eigenvalue weighted by Gasteiger charge is -2.00. The number of rotatable bonds is 7. The lowest BCUT2D eigenvalue weighted by molar-refractivity contribution is -0.145. The fourth-order valence-corrected chi connectivity index (χ4v) is 2.73. The summed E-state index contributed by atoms with van der Waals surface area (Å²) in [6.07, 6.45) is 1.96. The number of hydrogen-bond donors (Lipinski definition) is 0. The monoisotopic (exact) mass is 392 g/mol. The van der Waals surface area contributed by atoms with E-state index in [1.165, 1.54) is 12.1 Å². The predicted molar refractivity (Wildman–Crippen MR) is 102 cm³/mol. The number of hydrogen-bond acceptors (Lipinski definition) is 6. The average molecular weight is 392 g/mol. The highest BCUT2D eigenvalue weighted by Crippen LogP contribution is 2.22. The summed E-state index contributed by atoms with van der Waals surface area (Å²) in [7, 11) is 0. The maximum Gasteiger partial charge on any atom is 0.306 e. The predicted octanol–water partition coefficient (Wildman–Crippen LogP) is 4.81. The molecule has 0 amide bonds. The highest BCUT2D eigenvalue weighted by molar-refractivity contribution is 5.69. The zero-order valence-electron chi connectivity index (χ0n) is 15.4. The van der Waals surface area contributed by atoms with Crippen LogP contribution in [0.3, 0.4) is 0 Å². The van der Waals surface area contributed by atoms with Crippen LogP contribution in [-0.2, 0) is 22.6 Å². The first kappa shape index (κ1) is 18.6. The van der Waals surface area contributed by atoms with Gasteiger partial charge in [-0.25, -0.2) is 9.37 Å². The van der Waals surface area contributed by atoms with Crippen molar-refractivity contribution < 1.29 is 22.9 Å². The first-order chi connectivity index (χ1) is 14.2. The van der Waals surface area contributed by atoms with Gasteiger partial charge in [0, 0.05) is 23.6 Å². The molecular weight excluding hydrogens is 375 g/mol. The molecule has 7 heteroatoms. The van der Waals surface area contributed by atoms with E-state index in [1.54, 1.807) is 24.4 Å². The summed E-state index contributed by atoms with van der Waals surface area (Å²) < 4.78 is 29.0. The van der Waals surface area contributed by atoms with Gasteiger partial charge in [-0.3, -0.25) is 4.79 Å². The Morgan fingerprint density at radius 1 is 1.03 bits per heavy atom. The molecule has 0 unspecified atom stereocenters. The summed E-state index contributed by atoms with van der Waals surface area (Å²) in [6.45, 7) is 0.00504. The van der Waals surface area contributed by atoms with Gasteiger partial charge < -0.3 is 13.7 Å². The van der Waals surface area contributed by atoms with E-state index in [-0.39, 0.29) is 18.8 Å². The number of benzene rings is 2. The number of halogens is 1. The minimum Gasteiger partial charge on any atom is -0.457 e. The highest BCUT2D eigenvalue weighted by atomic mass is 19.1. The molecule has 4 aromatic rings. The van der Waals surface area contributed by atoms with Crippen LogP contribution in [0.4, 0.5) is 4.39 Å². The Morgan fingerprint density at radius 2 is 1.83 bits per heavy atom. The molecule has 0 fully saturated rings. The van der Waals surface area contributed by atoms with Gasteiger partial charge in [0.25, 0.3) is 0 Å². The standard InChI is InChI=1S/C22H17FN2O4/c23-17-8-6-16(7-9-17)20-13-24-21(28-20)10-11-22(26)27-14-18-12-19(25-29-18)15-4-2-1-3-5-15/h1-9,12-13H,10-11,14H2. The summed E-state index contributed by atoms with van der Waals surface area (Å²) in [5, 5.41) is 3.98. The van der Waals surface area contributed by atoms with Gasteiger partial charge in [-0.05, 0) is 24.3 Å². The maximum atomic E-state index is 13.0. The maximum absolute atomic E-state index is 13.0. The van der Waals surface area contributed by atoms with E-state index in [9.17, 15) is 9.18 Å². The molecule has 4 rings (SSSR count). The lowest BCUT2D eigenvalue weighted by Crippen LogP contribution is -2.05. The second-order valence-corrected chi connectivity index (χ2v) is 6.33. The van der Waals surface area contributed by atoms with Crippen molar-refractivity contribution >= 4 is 5.97 Å². The van der Waals surface area contributed by atoms with E-state index in [2.05, 4.69) is 10.1 Å². The van der Waals surface area contributed by atoms with Crippen molar-refractivity contribution in [3.05, 3.63) is 84.3 Å². The van der Waals surface area contributed by atoms with E-state index in [1.807, 2.05) is 30.3 Å². The number of nitrogens with zero attached hydrogens (tertiary/aromatic N) is 2. The fourth-order valence-electron chi connectivity index (χ4n) is 2.73. The molecule has 146 valence electrons. The van der Waals surface area contributed by atoms with Crippen LogP contribution in [0.2, 0.25) is 0 Å². The first-order valence-corrected chi connectivity index (χ1v) is 9.05. The van der Waals surface area contributed by atoms with Gasteiger partial charge in [0.15, 0.2) is 24.0 Å². The van der Waals surface area contributed by atoms with Gasteiger partial charge in [0.2, 0.25) is 0 Å². The molecule has 0 aliphatic rings. The Bertz CT molecular complexity index is 1090. The van der Waals surface area contributed by atoms with Crippen molar-refractivity contribution in [2.45, 2.75) is 19.4 Å². The van der Waals surface area contributed by atoms with Crippen molar-refractivity contribution in [2.75, 3.05) is 0 Å². The molecule has 0 radical (unpaired) electrons. The molecule has 2 heterocycles. The van der Waals surface area contributed by atoms with Crippen LogP contribution >= 0.6 is 0 Å². The molecule has 0 N–H and O–H groups in total. The van der Waals surface area contributed by atoms with Crippen LogP contribution in [0.5, 0.6) is 0 Å². The molecular formula is C22H17FN2O4. The third-order valence-electron chi connectivity index (χ3n) is 4.23.